The zero-order valence-corrected chi connectivity index (χ0v) is 13.1. The van der Waals surface area contributed by atoms with E-state index in [1.54, 1.807) is 23.4 Å². The van der Waals surface area contributed by atoms with Gasteiger partial charge in [0.25, 0.3) is 11.8 Å². The third kappa shape index (κ3) is 3.94. The number of nitrogens with zero attached hydrogens (tertiary/aromatic N) is 3. The number of pyridine rings is 2. The van der Waals surface area contributed by atoms with Crippen molar-refractivity contribution in [2.24, 2.45) is 0 Å². The predicted molar refractivity (Wildman–Crippen MR) is 86.4 cm³/mol. The summed E-state index contributed by atoms with van der Waals surface area (Å²) in [5.41, 5.74) is 1.73. The van der Waals surface area contributed by atoms with Gasteiger partial charge in [-0.3, -0.25) is 19.6 Å². The number of nitrogens with one attached hydrogen (secondary N) is 1. The zero-order valence-electron chi connectivity index (χ0n) is 13.1. The van der Waals surface area contributed by atoms with Gasteiger partial charge in [-0.15, -0.1) is 0 Å². The second kappa shape index (κ2) is 7.65. The zero-order chi connectivity index (χ0) is 16.8. The van der Waals surface area contributed by atoms with Gasteiger partial charge < -0.3 is 15.0 Å². The first-order valence-electron chi connectivity index (χ1n) is 7.73. The standard InChI is InChI=1S/C17H18N4O3/c22-16(20-10-13-1-3-18-4-2-13)14-9-15(12-19-11-14)17(23)21-5-7-24-8-6-21/h1-4,9,11-12H,5-8,10H2,(H,20,22). The van der Waals surface area contributed by atoms with Crippen LogP contribution >= 0.6 is 0 Å². The van der Waals surface area contributed by atoms with Gasteiger partial charge in [0.2, 0.25) is 0 Å². The van der Waals surface area contributed by atoms with E-state index in [4.69, 9.17) is 4.74 Å². The van der Waals surface area contributed by atoms with Crippen molar-refractivity contribution in [3.63, 3.8) is 0 Å². The topological polar surface area (TPSA) is 84.4 Å². The average Bonchev–Trinajstić information content (AvgIpc) is 2.67. The summed E-state index contributed by atoms with van der Waals surface area (Å²) in [4.78, 5) is 34.4. The van der Waals surface area contributed by atoms with Crippen molar-refractivity contribution in [2.75, 3.05) is 26.3 Å². The Labute approximate surface area is 139 Å². The summed E-state index contributed by atoms with van der Waals surface area (Å²) < 4.78 is 5.24. The van der Waals surface area contributed by atoms with Gasteiger partial charge in [0.1, 0.15) is 0 Å². The summed E-state index contributed by atoms with van der Waals surface area (Å²) in [6.45, 7) is 2.56. The maximum absolute atomic E-state index is 12.4. The molecular formula is C17H18N4O3. The molecule has 1 N–H and O–H groups in total. The van der Waals surface area contributed by atoms with E-state index in [0.29, 0.717) is 44.0 Å². The number of amides is 2. The molecule has 3 rings (SSSR count). The monoisotopic (exact) mass is 326 g/mol. The Morgan fingerprint density at radius 3 is 2.54 bits per heavy atom. The summed E-state index contributed by atoms with van der Waals surface area (Å²) in [5, 5.41) is 2.81. The molecule has 1 saturated heterocycles. The first-order chi connectivity index (χ1) is 11.7. The summed E-state index contributed by atoms with van der Waals surface area (Å²) in [6.07, 6.45) is 6.28. The van der Waals surface area contributed by atoms with E-state index in [9.17, 15) is 9.59 Å². The Morgan fingerprint density at radius 1 is 1.08 bits per heavy atom. The molecule has 2 aromatic rings. The van der Waals surface area contributed by atoms with Crippen LogP contribution in [0.1, 0.15) is 26.3 Å². The fourth-order valence-corrected chi connectivity index (χ4v) is 2.42. The summed E-state index contributed by atoms with van der Waals surface area (Å²) in [6, 6.07) is 5.24. The molecule has 7 nitrogen and oxygen atoms in total. The van der Waals surface area contributed by atoms with Crippen LogP contribution in [0.4, 0.5) is 0 Å². The first-order valence-corrected chi connectivity index (χ1v) is 7.73. The molecule has 124 valence electrons. The van der Waals surface area contributed by atoms with Gasteiger partial charge in [-0.1, -0.05) is 0 Å². The van der Waals surface area contributed by atoms with E-state index in [1.807, 2.05) is 12.1 Å². The second-order valence-corrected chi connectivity index (χ2v) is 5.41. The lowest BCUT2D eigenvalue weighted by atomic mass is 10.1. The number of aromatic nitrogens is 2. The minimum absolute atomic E-state index is 0.130. The molecule has 0 bridgehead atoms. The number of carbonyl (C=O) groups is 2. The highest BCUT2D eigenvalue weighted by molar-refractivity contribution is 5.99. The van der Waals surface area contributed by atoms with Crippen molar-refractivity contribution < 1.29 is 14.3 Å². The minimum Gasteiger partial charge on any atom is -0.378 e. The number of ether oxygens (including phenoxy) is 1. The Balaban J connectivity index is 1.65. The molecule has 1 aliphatic rings. The highest BCUT2D eigenvalue weighted by Gasteiger charge is 2.19. The fourth-order valence-electron chi connectivity index (χ4n) is 2.42. The van der Waals surface area contributed by atoms with E-state index in [2.05, 4.69) is 15.3 Å². The second-order valence-electron chi connectivity index (χ2n) is 5.41. The maximum atomic E-state index is 12.4. The highest BCUT2D eigenvalue weighted by atomic mass is 16.5. The van der Waals surface area contributed by atoms with Crippen molar-refractivity contribution in [3.8, 4) is 0 Å². The van der Waals surface area contributed by atoms with E-state index < -0.39 is 0 Å². The number of hydrogen-bond donors (Lipinski definition) is 1. The van der Waals surface area contributed by atoms with Crippen molar-refractivity contribution >= 4 is 11.8 Å². The smallest absolute Gasteiger partial charge is 0.255 e. The quantitative estimate of drug-likeness (QED) is 0.901. The van der Waals surface area contributed by atoms with Crippen LogP contribution in [-0.2, 0) is 11.3 Å². The molecule has 1 fully saturated rings. The molecular weight excluding hydrogens is 308 g/mol. The van der Waals surface area contributed by atoms with Crippen molar-refractivity contribution in [3.05, 3.63) is 59.7 Å². The van der Waals surface area contributed by atoms with Gasteiger partial charge >= 0.3 is 0 Å². The molecule has 0 saturated carbocycles. The Kier molecular flexibility index (Phi) is 5.12. The van der Waals surface area contributed by atoms with Crippen LogP contribution in [0.5, 0.6) is 0 Å². The summed E-state index contributed by atoms with van der Waals surface area (Å²) in [5.74, 6) is -0.398. The third-order valence-corrected chi connectivity index (χ3v) is 3.75. The fraction of sp³-hybridized carbons (Fsp3) is 0.294. The van der Waals surface area contributed by atoms with Crippen LogP contribution in [-0.4, -0.2) is 53.0 Å². The van der Waals surface area contributed by atoms with Crippen LogP contribution < -0.4 is 5.32 Å². The van der Waals surface area contributed by atoms with Gasteiger partial charge in [0, 0.05) is 44.4 Å². The summed E-state index contributed by atoms with van der Waals surface area (Å²) >= 11 is 0. The van der Waals surface area contributed by atoms with E-state index in [0.717, 1.165) is 5.56 Å². The Bertz CT molecular complexity index is 715. The minimum atomic E-state index is -0.268. The normalized spacial score (nSPS) is 14.2. The summed E-state index contributed by atoms with van der Waals surface area (Å²) in [7, 11) is 0. The van der Waals surface area contributed by atoms with E-state index >= 15 is 0 Å². The van der Waals surface area contributed by atoms with Crippen LogP contribution in [0.15, 0.2) is 43.0 Å². The van der Waals surface area contributed by atoms with Gasteiger partial charge in [-0.2, -0.15) is 0 Å². The molecule has 2 amide bonds. The first kappa shape index (κ1) is 16.1. The lowest BCUT2D eigenvalue weighted by Gasteiger charge is -2.26. The Hall–Kier alpha value is -2.80. The lowest BCUT2D eigenvalue weighted by Crippen LogP contribution is -2.40. The number of carbonyl (C=O) groups excluding carboxylic acids is 2. The van der Waals surface area contributed by atoms with Crippen LogP contribution in [0.2, 0.25) is 0 Å². The largest absolute Gasteiger partial charge is 0.378 e. The molecule has 7 heteroatoms. The molecule has 2 aromatic heterocycles. The Morgan fingerprint density at radius 2 is 1.79 bits per heavy atom. The van der Waals surface area contributed by atoms with Crippen molar-refractivity contribution in [2.45, 2.75) is 6.54 Å². The van der Waals surface area contributed by atoms with Crippen LogP contribution in [0, 0.1) is 0 Å². The molecule has 0 aliphatic carbocycles. The maximum Gasteiger partial charge on any atom is 0.255 e. The molecule has 0 radical (unpaired) electrons. The molecule has 3 heterocycles. The van der Waals surface area contributed by atoms with E-state index in [-0.39, 0.29) is 11.8 Å². The van der Waals surface area contributed by atoms with Crippen LogP contribution in [0.25, 0.3) is 0 Å². The van der Waals surface area contributed by atoms with Gasteiger partial charge in [0.15, 0.2) is 0 Å². The molecule has 24 heavy (non-hydrogen) atoms. The molecule has 0 aromatic carbocycles. The number of hydrogen-bond acceptors (Lipinski definition) is 5. The lowest BCUT2D eigenvalue weighted by molar-refractivity contribution is 0.0302. The van der Waals surface area contributed by atoms with E-state index in [1.165, 1.54) is 12.4 Å². The van der Waals surface area contributed by atoms with Crippen LogP contribution in [0.3, 0.4) is 0 Å². The molecule has 0 unspecified atom stereocenters. The third-order valence-electron chi connectivity index (χ3n) is 3.75. The molecule has 0 spiro atoms. The molecule has 0 atom stereocenters. The van der Waals surface area contributed by atoms with Gasteiger partial charge in [-0.05, 0) is 23.8 Å². The number of rotatable bonds is 4. The van der Waals surface area contributed by atoms with Gasteiger partial charge in [-0.25, -0.2) is 0 Å². The van der Waals surface area contributed by atoms with Crippen molar-refractivity contribution in [1.82, 2.24) is 20.2 Å². The number of morpholine rings is 1. The average molecular weight is 326 g/mol. The van der Waals surface area contributed by atoms with Gasteiger partial charge in [0.05, 0.1) is 24.3 Å². The SMILES string of the molecule is O=C(NCc1ccncc1)c1cncc(C(=O)N2CCOCC2)c1. The predicted octanol–water partition coefficient (Wildman–Crippen LogP) is 0.879. The molecule has 1 aliphatic heterocycles. The highest BCUT2D eigenvalue weighted by Crippen LogP contribution is 2.09. The van der Waals surface area contributed by atoms with Crippen molar-refractivity contribution in [1.29, 1.82) is 0 Å².